The van der Waals surface area contributed by atoms with Crippen molar-refractivity contribution in [3.63, 3.8) is 0 Å². The number of rotatable bonds is 5. The Balaban J connectivity index is 2.26. The van der Waals surface area contributed by atoms with Crippen LogP contribution in [0.3, 0.4) is 0 Å². The van der Waals surface area contributed by atoms with Gasteiger partial charge < -0.3 is 10.2 Å². The van der Waals surface area contributed by atoms with E-state index in [1.807, 2.05) is 7.05 Å². The predicted molar refractivity (Wildman–Crippen MR) is 77.8 cm³/mol. The van der Waals surface area contributed by atoms with Gasteiger partial charge in [-0.15, -0.1) is 0 Å². The lowest BCUT2D eigenvalue weighted by Gasteiger charge is -2.43. The molecule has 20 heavy (non-hydrogen) atoms. The molecule has 0 saturated heterocycles. The summed E-state index contributed by atoms with van der Waals surface area (Å²) in [6, 6.07) is 4.56. The van der Waals surface area contributed by atoms with Crippen LogP contribution in [0.1, 0.15) is 31.2 Å². The van der Waals surface area contributed by atoms with Crippen molar-refractivity contribution in [2.75, 3.05) is 21.1 Å². The third-order valence-electron chi connectivity index (χ3n) is 4.81. The Kier molecular flexibility index (Phi) is 4.76. The highest BCUT2D eigenvalue weighted by atomic mass is 19.2. The molecule has 0 aromatic heterocycles. The standard InChI is InChI=1S/C16H24F2N2/c1-19-14(16(20(2)3)9-4-5-10-16)11-12-7-6-8-13(17)15(12)18/h6-8,14,19H,4-5,9-11H2,1-3H3. The lowest BCUT2D eigenvalue weighted by atomic mass is 9.83. The molecule has 0 spiro atoms. The molecule has 1 fully saturated rings. The Hall–Kier alpha value is -1.00. The van der Waals surface area contributed by atoms with Crippen LogP contribution in [0.4, 0.5) is 8.78 Å². The molecular weight excluding hydrogens is 258 g/mol. The molecule has 1 atom stereocenters. The largest absolute Gasteiger partial charge is 0.315 e. The van der Waals surface area contributed by atoms with Gasteiger partial charge >= 0.3 is 0 Å². The molecule has 0 amide bonds. The first kappa shape index (κ1) is 15.4. The van der Waals surface area contributed by atoms with Gasteiger partial charge in [0.1, 0.15) is 0 Å². The van der Waals surface area contributed by atoms with Gasteiger partial charge in [0, 0.05) is 11.6 Å². The van der Waals surface area contributed by atoms with E-state index in [9.17, 15) is 8.78 Å². The lowest BCUT2D eigenvalue weighted by Crippen LogP contribution is -2.57. The van der Waals surface area contributed by atoms with Crippen molar-refractivity contribution < 1.29 is 8.78 Å². The number of likely N-dealkylation sites (N-methyl/N-ethyl adjacent to an activating group) is 2. The van der Waals surface area contributed by atoms with Gasteiger partial charge in [-0.1, -0.05) is 25.0 Å². The Morgan fingerprint density at radius 3 is 2.45 bits per heavy atom. The van der Waals surface area contributed by atoms with E-state index in [1.165, 1.54) is 18.9 Å². The molecule has 2 nitrogen and oxygen atoms in total. The van der Waals surface area contributed by atoms with E-state index in [0.29, 0.717) is 12.0 Å². The summed E-state index contributed by atoms with van der Waals surface area (Å²) in [5.41, 5.74) is 0.491. The quantitative estimate of drug-likeness (QED) is 0.893. The maximum atomic E-state index is 13.9. The molecule has 0 bridgehead atoms. The smallest absolute Gasteiger partial charge is 0.162 e. The summed E-state index contributed by atoms with van der Waals surface area (Å²) in [4.78, 5) is 2.25. The lowest BCUT2D eigenvalue weighted by molar-refractivity contribution is 0.108. The third-order valence-corrected chi connectivity index (χ3v) is 4.81. The fourth-order valence-electron chi connectivity index (χ4n) is 3.58. The zero-order valence-corrected chi connectivity index (χ0v) is 12.5. The van der Waals surface area contributed by atoms with Crippen molar-refractivity contribution >= 4 is 0 Å². The summed E-state index contributed by atoms with van der Waals surface area (Å²) in [5, 5.41) is 3.33. The van der Waals surface area contributed by atoms with E-state index in [4.69, 9.17) is 0 Å². The molecule has 1 aromatic rings. The van der Waals surface area contributed by atoms with Crippen molar-refractivity contribution in [2.24, 2.45) is 0 Å². The van der Waals surface area contributed by atoms with Gasteiger partial charge in [-0.2, -0.15) is 0 Å². The summed E-state index contributed by atoms with van der Waals surface area (Å²) in [7, 11) is 6.07. The second kappa shape index (κ2) is 6.19. The summed E-state index contributed by atoms with van der Waals surface area (Å²) in [5.74, 6) is -1.47. The summed E-state index contributed by atoms with van der Waals surface area (Å²) < 4.78 is 27.3. The first-order valence-corrected chi connectivity index (χ1v) is 7.29. The van der Waals surface area contributed by atoms with Crippen LogP contribution in [0, 0.1) is 11.6 Å². The Labute approximate surface area is 120 Å². The molecule has 1 aliphatic rings. The minimum Gasteiger partial charge on any atom is -0.315 e. The minimum atomic E-state index is -0.761. The fraction of sp³-hybridized carbons (Fsp3) is 0.625. The van der Waals surface area contributed by atoms with Crippen molar-refractivity contribution in [1.29, 1.82) is 0 Å². The maximum Gasteiger partial charge on any atom is 0.162 e. The minimum absolute atomic E-state index is 0.0352. The molecule has 2 rings (SSSR count). The van der Waals surface area contributed by atoms with Crippen LogP contribution in [-0.2, 0) is 6.42 Å². The molecular formula is C16H24F2N2. The van der Waals surface area contributed by atoms with E-state index in [0.717, 1.165) is 12.8 Å². The van der Waals surface area contributed by atoms with Crippen LogP contribution < -0.4 is 5.32 Å². The predicted octanol–water partition coefficient (Wildman–Crippen LogP) is 2.97. The fourth-order valence-corrected chi connectivity index (χ4v) is 3.58. The molecule has 4 heteroatoms. The van der Waals surface area contributed by atoms with Crippen LogP contribution in [0.2, 0.25) is 0 Å². The average Bonchev–Trinajstić information content (AvgIpc) is 2.91. The molecule has 0 heterocycles. The van der Waals surface area contributed by atoms with Gasteiger partial charge in [-0.05, 0) is 52.0 Å². The normalized spacial score (nSPS) is 19.5. The molecule has 0 aliphatic heterocycles. The van der Waals surface area contributed by atoms with Crippen molar-refractivity contribution in [3.8, 4) is 0 Å². The van der Waals surface area contributed by atoms with E-state index in [2.05, 4.69) is 24.3 Å². The first-order valence-electron chi connectivity index (χ1n) is 7.29. The third kappa shape index (κ3) is 2.72. The van der Waals surface area contributed by atoms with Crippen LogP contribution in [0.15, 0.2) is 18.2 Å². The monoisotopic (exact) mass is 282 g/mol. The molecule has 1 unspecified atom stereocenters. The Morgan fingerprint density at radius 1 is 1.25 bits per heavy atom. The molecule has 0 radical (unpaired) electrons. The molecule has 1 saturated carbocycles. The van der Waals surface area contributed by atoms with Crippen LogP contribution >= 0.6 is 0 Å². The number of nitrogens with one attached hydrogen (secondary N) is 1. The second-order valence-corrected chi connectivity index (χ2v) is 5.96. The average molecular weight is 282 g/mol. The Morgan fingerprint density at radius 2 is 1.90 bits per heavy atom. The Bertz CT molecular complexity index is 454. The highest BCUT2D eigenvalue weighted by Gasteiger charge is 2.42. The van der Waals surface area contributed by atoms with Crippen LogP contribution in [-0.4, -0.2) is 37.6 Å². The van der Waals surface area contributed by atoms with Gasteiger partial charge in [0.05, 0.1) is 0 Å². The van der Waals surface area contributed by atoms with Gasteiger partial charge in [-0.25, -0.2) is 8.78 Å². The van der Waals surface area contributed by atoms with E-state index in [1.54, 1.807) is 12.1 Å². The van der Waals surface area contributed by atoms with Crippen molar-refractivity contribution in [3.05, 3.63) is 35.4 Å². The zero-order chi connectivity index (χ0) is 14.8. The summed E-state index contributed by atoms with van der Waals surface area (Å²) in [6.45, 7) is 0. The van der Waals surface area contributed by atoms with Gasteiger partial charge in [0.15, 0.2) is 11.6 Å². The number of benzene rings is 1. The topological polar surface area (TPSA) is 15.3 Å². The number of nitrogens with zero attached hydrogens (tertiary/aromatic N) is 1. The highest BCUT2D eigenvalue weighted by molar-refractivity contribution is 5.21. The summed E-state index contributed by atoms with van der Waals surface area (Å²) >= 11 is 0. The first-order chi connectivity index (χ1) is 9.51. The molecule has 1 aromatic carbocycles. The summed E-state index contributed by atoms with van der Waals surface area (Å²) in [6.07, 6.45) is 5.10. The van der Waals surface area contributed by atoms with E-state index < -0.39 is 11.6 Å². The van der Waals surface area contributed by atoms with Crippen molar-refractivity contribution in [1.82, 2.24) is 10.2 Å². The highest BCUT2D eigenvalue weighted by Crippen LogP contribution is 2.38. The number of hydrogen-bond donors (Lipinski definition) is 1. The van der Waals surface area contributed by atoms with E-state index in [-0.39, 0.29) is 11.6 Å². The van der Waals surface area contributed by atoms with Gasteiger partial charge in [-0.3, -0.25) is 0 Å². The second-order valence-electron chi connectivity index (χ2n) is 5.96. The molecule has 112 valence electrons. The van der Waals surface area contributed by atoms with Crippen LogP contribution in [0.5, 0.6) is 0 Å². The zero-order valence-electron chi connectivity index (χ0n) is 12.5. The van der Waals surface area contributed by atoms with Gasteiger partial charge in [0.25, 0.3) is 0 Å². The van der Waals surface area contributed by atoms with Gasteiger partial charge in [0.2, 0.25) is 0 Å². The SMILES string of the molecule is CNC(Cc1cccc(F)c1F)C1(N(C)C)CCCC1. The maximum absolute atomic E-state index is 13.9. The molecule has 1 N–H and O–H groups in total. The van der Waals surface area contributed by atoms with E-state index >= 15 is 0 Å². The van der Waals surface area contributed by atoms with Crippen LogP contribution in [0.25, 0.3) is 0 Å². The van der Waals surface area contributed by atoms with Crippen molar-refractivity contribution in [2.45, 2.75) is 43.7 Å². The number of halogens is 2. The molecule has 1 aliphatic carbocycles. The number of hydrogen-bond acceptors (Lipinski definition) is 2.